The number of carbonyl (C=O) groups is 2. The fraction of sp³-hybridized carbons (Fsp3) is 0.440. The molecule has 2 amide bonds. The van der Waals surface area contributed by atoms with Gasteiger partial charge in [0.25, 0.3) is 11.8 Å². The standard InChI is InChI=1S/C25H30ClN3O3/c26-22-10-9-20(18-23(22)28-14-16-32-17-15-28)25(31)29-13-5-4-8-21(29)11-12-27-24(30)19-6-2-1-3-7-19/h1-3,6-7,9-10,18,21H,4-5,8,11-17H2,(H,27,30). The number of carbonyl (C=O) groups excluding carboxylic acids is 2. The molecule has 32 heavy (non-hydrogen) atoms. The lowest BCUT2D eigenvalue weighted by Crippen LogP contribution is -2.45. The zero-order chi connectivity index (χ0) is 22.3. The number of ether oxygens (including phenoxy) is 1. The van der Waals surface area contributed by atoms with Crippen LogP contribution in [0, 0.1) is 0 Å². The van der Waals surface area contributed by atoms with Gasteiger partial charge in [-0.05, 0) is 56.0 Å². The molecule has 1 N–H and O–H groups in total. The smallest absolute Gasteiger partial charge is 0.254 e. The monoisotopic (exact) mass is 455 g/mol. The SMILES string of the molecule is O=C(NCCC1CCCCN1C(=O)c1ccc(Cl)c(N2CCOCC2)c1)c1ccccc1. The Kier molecular flexibility index (Phi) is 7.66. The van der Waals surface area contributed by atoms with Crippen LogP contribution in [0.4, 0.5) is 5.69 Å². The quantitative estimate of drug-likeness (QED) is 0.715. The van der Waals surface area contributed by atoms with Crippen LogP contribution in [0.25, 0.3) is 0 Å². The number of amides is 2. The molecule has 0 aliphatic carbocycles. The van der Waals surface area contributed by atoms with Gasteiger partial charge in [-0.2, -0.15) is 0 Å². The zero-order valence-corrected chi connectivity index (χ0v) is 19.0. The van der Waals surface area contributed by atoms with Crippen molar-refractivity contribution in [3.05, 3.63) is 64.7 Å². The predicted molar refractivity (Wildman–Crippen MR) is 127 cm³/mol. The van der Waals surface area contributed by atoms with E-state index in [1.54, 1.807) is 12.1 Å². The minimum atomic E-state index is -0.0767. The summed E-state index contributed by atoms with van der Waals surface area (Å²) in [6, 6.07) is 14.9. The summed E-state index contributed by atoms with van der Waals surface area (Å²) < 4.78 is 5.44. The summed E-state index contributed by atoms with van der Waals surface area (Å²) >= 11 is 6.45. The summed E-state index contributed by atoms with van der Waals surface area (Å²) in [5.74, 6) is -0.0394. The molecule has 2 aliphatic heterocycles. The Hall–Kier alpha value is -2.57. The predicted octanol–water partition coefficient (Wildman–Crippen LogP) is 3.99. The summed E-state index contributed by atoms with van der Waals surface area (Å²) in [6.07, 6.45) is 3.80. The highest BCUT2D eigenvalue weighted by Gasteiger charge is 2.28. The summed E-state index contributed by atoms with van der Waals surface area (Å²) in [5.41, 5.74) is 2.21. The highest BCUT2D eigenvalue weighted by Crippen LogP contribution is 2.29. The summed E-state index contributed by atoms with van der Waals surface area (Å²) in [4.78, 5) is 29.9. The van der Waals surface area contributed by atoms with Crippen molar-refractivity contribution in [2.75, 3.05) is 44.3 Å². The lowest BCUT2D eigenvalue weighted by molar-refractivity contribution is 0.0601. The van der Waals surface area contributed by atoms with Crippen LogP contribution in [0.1, 0.15) is 46.4 Å². The first-order chi connectivity index (χ1) is 15.6. The molecule has 6 nitrogen and oxygen atoms in total. The molecule has 0 radical (unpaired) electrons. The number of nitrogens with zero attached hydrogens (tertiary/aromatic N) is 2. The van der Waals surface area contributed by atoms with Gasteiger partial charge in [-0.3, -0.25) is 9.59 Å². The average molecular weight is 456 g/mol. The molecule has 0 aromatic heterocycles. The summed E-state index contributed by atoms with van der Waals surface area (Å²) in [7, 11) is 0. The van der Waals surface area contributed by atoms with E-state index in [0.29, 0.717) is 35.9 Å². The lowest BCUT2D eigenvalue weighted by atomic mass is 9.98. The van der Waals surface area contributed by atoms with Crippen molar-refractivity contribution in [1.29, 1.82) is 0 Å². The van der Waals surface area contributed by atoms with E-state index in [2.05, 4.69) is 10.2 Å². The molecule has 0 spiro atoms. The maximum absolute atomic E-state index is 13.4. The molecule has 2 aromatic rings. The van der Waals surface area contributed by atoms with Crippen molar-refractivity contribution in [2.45, 2.75) is 31.7 Å². The topological polar surface area (TPSA) is 61.9 Å². The Morgan fingerprint density at radius 2 is 1.78 bits per heavy atom. The van der Waals surface area contributed by atoms with E-state index in [4.69, 9.17) is 16.3 Å². The number of hydrogen-bond donors (Lipinski definition) is 1. The maximum Gasteiger partial charge on any atom is 0.254 e. The van der Waals surface area contributed by atoms with Crippen LogP contribution in [0.2, 0.25) is 5.02 Å². The molecule has 2 saturated heterocycles. The number of likely N-dealkylation sites (tertiary alicyclic amines) is 1. The second-order valence-electron chi connectivity index (χ2n) is 8.32. The van der Waals surface area contributed by atoms with E-state index < -0.39 is 0 Å². The van der Waals surface area contributed by atoms with E-state index in [-0.39, 0.29) is 17.9 Å². The lowest BCUT2D eigenvalue weighted by Gasteiger charge is -2.36. The van der Waals surface area contributed by atoms with Crippen molar-refractivity contribution in [3.63, 3.8) is 0 Å². The molecule has 0 saturated carbocycles. The number of piperidine rings is 1. The maximum atomic E-state index is 13.4. The highest BCUT2D eigenvalue weighted by molar-refractivity contribution is 6.33. The van der Waals surface area contributed by atoms with E-state index in [0.717, 1.165) is 51.0 Å². The van der Waals surface area contributed by atoms with E-state index in [1.807, 2.05) is 41.3 Å². The molecule has 7 heteroatoms. The Balaban J connectivity index is 1.40. The number of rotatable bonds is 6. The van der Waals surface area contributed by atoms with Crippen molar-refractivity contribution < 1.29 is 14.3 Å². The van der Waals surface area contributed by atoms with E-state index in [9.17, 15) is 9.59 Å². The van der Waals surface area contributed by atoms with Crippen LogP contribution in [0.5, 0.6) is 0 Å². The number of benzene rings is 2. The van der Waals surface area contributed by atoms with Gasteiger partial charge in [0.2, 0.25) is 0 Å². The van der Waals surface area contributed by atoms with Gasteiger partial charge in [0.1, 0.15) is 0 Å². The number of nitrogens with one attached hydrogen (secondary N) is 1. The summed E-state index contributed by atoms with van der Waals surface area (Å²) in [5, 5.41) is 3.65. The van der Waals surface area contributed by atoms with Crippen LogP contribution in [0.3, 0.4) is 0 Å². The van der Waals surface area contributed by atoms with Crippen LogP contribution in [-0.4, -0.2) is 62.1 Å². The molecule has 2 aromatic carbocycles. The third-order valence-corrected chi connectivity index (χ3v) is 6.55. The van der Waals surface area contributed by atoms with Crippen molar-refractivity contribution >= 4 is 29.1 Å². The number of anilines is 1. The molecule has 2 fully saturated rings. The van der Waals surface area contributed by atoms with E-state index in [1.165, 1.54) is 0 Å². The Bertz CT molecular complexity index is 931. The third-order valence-electron chi connectivity index (χ3n) is 6.23. The van der Waals surface area contributed by atoms with Gasteiger partial charge in [-0.25, -0.2) is 0 Å². The minimum absolute atomic E-state index is 0.0373. The van der Waals surface area contributed by atoms with Crippen molar-refractivity contribution in [2.24, 2.45) is 0 Å². The third kappa shape index (κ3) is 5.43. The Morgan fingerprint density at radius 1 is 1.00 bits per heavy atom. The molecule has 1 atom stereocenters. The van der Waals surface area contributed by atoms with Crippen LogP contribution < -0.4 is 10.2 Å². The average Bonchev–Trinajstić information content (AvgIpc) is 2.85. The Labute approximate surface area is 194 Å². The zero-order valence-electron chi connectivity index (χ0n) is 18.3. The van der Waals surface area contributed by atoms with Gasteiger partial charge >= 0.3 is 0 Å². The van der Waals surface area contributed by atoms with Crippen LogP contribution in [-0.2, 0) is 4.74 Å². The summed E-state index contributed by atoms with van der Waals surface area (Å²) in [6.45, 7) is 4.15. The van der Waals surface area contributed by atoms with Gasteiger partial charge < -0.3 is 19.9 Å². The minimum Gasteiger partial charge on any atom is -0.378 e. The molecule has 170 valence electrons. The molecule has 2 heterocycles. The number of hydrogen-bond acceptors (Lipinski definition) is 4. The van der Waals surface area contributed by atoms with Crippen LogP contribution in [0.15, 0.2) is 48.5 Å². The highest BCUT2D eigenvalue weighted by atomic mass is 35.5. The van der Waals surface area contributed by atoms with Gasteiger partial charge in [-0.1, -0.05) is 29.8 Å². The van der Waals surface area contributed by atoms with E-state index >= 15 is 0 Å². The molecule has 4 rings (SSSR count). The second kappa shape index (κ2) is 10.8. The molecule has 0 bridgehead atoms. The van der Waals surface area contributed by atoms with Gasteiger partial charge in [0, 0.05) is 43.3 Å². The first-order valence-corrected chi connectivity index (χ1v) is 11.8. The first-order valence-electron chi connectivity index (χ1n) is 11.4. The van der Waals surface area contributed by atoms with Gasteiger partial charge in [0.05, 0.1) is 23.9 Å². The van der Waals surface area contributed by atoms with Crippen molar-refractivity contribution in [3.8, 4) is 0 Å². The van der Waals surface area contributed by atoms with Crippen molar-refractivity contribution in [1.82, 2.24) is 10.2 Å². The van der Waals surface area contributed by atoms with Crippen LogP contribution >= 0.6 is 11.6 Å². The fourth-order valence-electron chi connectivity index (χ4n) is 4.47. The normalized spacial score (nSPS) is 19.0. The molecule has 1 unspecified atom stereocenters. The molecule has 2 aliphatic rings. The Morgan fingerprint density at radius 3 is 2.56 bits per heavy atom. The van der Waals surface area contributed by atoms with Gasteiger partial charge in [0.15, 0.2) is 0 Å². The second-order valence-corrected chi connectivity index (χ2v) is 8.73. The molecular formula is C25H30ClN3O3. The number of morpholine rings is 1. The van der Waals surface area contributed by atoms with Gasteiger partial charge in [-0.15, -0.1) is 0 Å². The largest absolute Gasteiger partial charge is 0.378 e. The molecular weight excluding hydrogens is 426 g/mol. The first kappa shape index (κ1) is 22.6. The number of halogens is 1. The fourth-order valence-corrected chi connectivity index (χ4v) is 4.71.